The number of nitrogens with zero attached hydrogens (tertiary/aromatic N) is 3. The molecule has 1 aromatic heterocycles. The first-order valence-corrected chi connectivity index (χ1v) is 9.54. The van der Waals surface area contributed by atoms with Crippen LogP contribution in [0.4, 0.5) is 0 Å². The van der Waals surface area contributed by atoms with Crippen molar-refractivity contribution in [1.29, 1.82) is 0 Å². The van der Waals surface area contributed by atoms with Gasteiger partial charge in [0.25, 0.3) is 5.56 Å². The van der Waals surface area contributed by atoms with Crippen LogP contribution >= 0.6 is 0 Å². The first-order chi connectivity index (χ1) is 11.4. The maximum Gasteiger partial charge on any atom is 0.257 e. The minimum atomic E-state index is -3.26. The summed E-state index contributed by atoms with van der Waals surface area (Å²) in [5, 5.41) is 0. The highest BCUT2D eigenvalue weighted by Gasteiger charge is 2.26. The molecule has 0 unspecified atom stereocenters. The average molecular weight is 345 g/mol. The summed E-state index contributed by atoms with van der Waals surface area (Å²) >= 11 is 0. The number of fused-ring (bicyclic) bond motifs is 1. The van der Waals surface area contributed by atoms with Crippen molar-refractivity contribution in [3.8, 4) is 0 Å². The average Bonchev–Trinajstić information content (AvgIpc) is 2.57. The zero-order valence-electron chi connectivity index (χ0n) is 13.4. The second-order valence-electron chi connectivity index (χ2n) is 5.79. The first kappa shape index (κ1) is 16.6. The van der Waals surface area contributed by atoms with Crippen LogP contribution in [0.5, 0.6) is 0 Å². The molecule has 1 aliphatic heterocycles. The molecule has 1 aliphatic rings. The van der Waals surface area contributed by atoms with E-state index < -0.39 is 10.0 Å². The first-order valence-electron chi connectivity index (χ1n) is 7.69. The lowest BCUT2D eigenvalue weighted by Gasteiger charge is -2.25. The van der Waals surface area contributed by atoms with Gasteiger partial charge in [0.2, 0.25) is 10.0 Å². The third kappa shape index (κ3) is 3.63. The molecule has 0 radical (unpaired) electrons. The molecular weight excluding hydrogens is 326 g/mol. The predicted octanol–water partition coefficient (Wildman–Crippen LogP) is 1.27. The molecular formula is C17H19N3O3S. The second-order valence-corrected chi connectivity index (χ2v) is 7.77. The SMILES string of the molecule is CS(=O)(=O)N1CCc2c(ncn(C/C=C/c3ccccc3)c2=O)C1. The molecule has 0 saturated heterocycles. The molecule has 0 aliphatic carbocycles. The van der Waals surface area contributed by atoms with Crippen molar-refractivity contribution in [1.82, 2.24) is 13.9 Å². The largest absolute Gasteiger partial charge is 0.295 e. The minimum absolute atomic E-state index is 0.0918. The van der Waals surface area contributed by atoms with Gasteiger partial charge in [-0.2, -0.15) is 4.31 Å². The van der Waals surface area contributed by atoms with E-state index in [1.165, 1.54) is 16.9 Å². The van der Waals surface area contributed by atoms with Crippen molar-refractivity contribution in [2.75, 3.05) is 12.8 Å². The van der Waals surface area contributed by atoms with Gasteiger partial charge in [0, 0.05) is 18.7 Å². The van der Waals surface area contributed by atoms with E-state index in [-0.39, 0.29) is 12.1 Å². The number of aromatic nitrogens is 2. The molecule has 0 bridgehead atoms. The molecule has 0 spiro atoms. The van der Waals surface area contributed by atoms with Gasteiger partial charge in [-0.05, 0) is 12.0 Å². The van der Waals surface area contributed by atoms with Crippen molar-refractivity contribution < 1.29 is 8.42 Å². The number of hydrogen-bond acceptors (Lipinski definition) is 4. The van der Waals surface area contributed by atoms with Crippen LogP contribution in [0.15, 0.2) is 47.5 Å². The molecule has 0 saturated carbocycles. The Morgan fingerprint density at radius 3 is 2.71 bits per heavy atom. The molecule has 126 valence electrons. The Balaban J connectivity index is 1.78. The Hall–Kier alpha value is -2.25. The zero-order chi connectivity index (χ0) is 17.2. The molecule has 1 aromatic carbocycles. The van der Waals surface area contributed by atoms with E-state index in [9.17, 15) is 13.2 Å². The van der Waals surface area contributed by atoms with E-state index in [0.29, 0.717) is 30.8 Å². The fourth-order valence-electron chi connectivity index (χ4n) is 2.72. The fraction of sp³-hybridized carbons (Fsp3) is 0.294. The summed E-state index contributed by atoms with van der Waals surface area (Å²) < 4.78 is 26.2. The highest BCUT2D eigenvalue weighted by Crippen LogP contribution is 2.15. The van der Waals surface area contributed by atoms with Gasteiger partial charge in [-0.25, -0.2) is 13.4 Å². The van der Waals surface area contributed by atoms with E-state index in [2.05, 4.69) is 4.98 Å². The summed E-state index contributed by atoms with van der Waals surface area (Å²) in [5.41, 5.74) is 2.15. The Labute approximate surface area is 141 Å². The molecule has 0 atom stereocenters. The van der Waals surface area contributed by atoms with Gasteiger partial charge in [-0.15, -0.1) is 0 Å². The summed E-state index contributed by atoms with van der Waals surface area (Å²) in [4.78, 5) is 16.8. The van der Waals surface area contributed by atoms with E-state index >= 15 is 0 Å². The number of hydrogen-bond donors (Lipinski definition) is 0. The topological polar surface area (TPSA) is 72.3 Å². The van der Waals surface area contributed by atoms with E-state index in [0.717, 1.165) is 5.56 Å². The molecule has 3 rings (SSSR count). The Morgan fingerprint density at radius 1 is 1.25 bits per heavy atom. The molecule has 6 nitrogen and oxygen atoms in total. The lowest BCUT2D eigenvalue weighted by molar-refractivity contribution is 0.385. The molecule has 2 aromatic rings. The summed E-state index contributed by atoms with van der Waals surface area (Å²) in [6.45, 7) is 0.931. The molecule has 7 heteroatoms. The van der Waals surface area contributed by atoms with E-state index in [4.69, 9.17) is 0 Å². The van der Waals surface area contributed by atoms with Gasteiger partial charge >= 0.3 is 0 Å². The van der Waals surface area contributed by atoms with Crippen LogP contribution in [0.1, 0.15) is 16.8 Å². The maximum absolute atomic E-state index is 12.5. The maximum atomic E-state index is 12.5. The highest BCUT2D eigenvalue weighted by molar-refractivity contribution is 7.88. The number of allylic oxidation sites excluding steroid dienone is 1. The van der Waals surface area contributed by atoms with Crippen LogP contribution in [0.25, 0.3) is 6.08 Å². The second kappa shape index (κ2) is 6.70. The fourth-order valence-corrected chi connectivity index (χ4v) is 3.50. The van der Waals surface area contributed by atoms with Crippen molar-refractivity contribution in [2.45, 2.75) is 19.5 Å². The van der Waals surface area contributed by atoms with Gasteiger partial charge in [-0.3, -0.25) is 9.36 Å². The highest BCUT2D eigenvalue weighted by atomic mass is 32.2. The van der Waals surface area contributed by atoms with Crippen molar-refractivity contribution in [2.24, 2.45) is 0 Å². The smallest absolute Gasteiger partial charge is 0.257 e. The normalized spacial score (nSPS) is 15.5. The number of sulfonamides is 1. The molecule has 0 amide bonds. The molecule has 0 N–H and O–H groups in total. The molecule has 0 fully saturated rings. The number of rotatable bonds is 4. The van der Waals surface area contributed by atoms with Crippen LogP contribution in [-0.2, 0) is 29.5 Å². The number of benzene rings is 1. The minimum Gasteiger partial charge on any atom is -0.295 e. The third-order valence-electron chi connectivity index (χ3n) is 4.04. The molecule has 24 heavy (non-hydrogen) atoms. The Kier molecular flexibility index (Phi) is 4.64. The lowest BCUT2D eigenvalue weighted by atomic mass is 10.1. The van der Waals surface area contributed by atoms with Crippen molar-refractivity contribution in [3.05, 3.63) is 69.9 Å². The third-order valence-corrected chi connectivity index (χ3v) is 5.29. The van der Waals surface area contributed by atoms with Gasteiger partial charge in [-0.1, -0.05) is 42.5 Å². The predicted molar refractivity (Wildman–Crippen MR) is 92.9 cm³/mol. The summed E-state index contributed by atoms with van der Waals surface area (Å²) in [5.74, 6) is 0. The van der Waals surface area contributed by atoms with Gasteiger partial charge in [0.05, 0.1) is 24.8 Å². The Morgan fingerprint density at radius 2 is 2.00 bits per heavy atom. The van der Waals surface area contributed by atoms with Crippen molar-refractivity contribution in [3.63, 3.8) is 0 Å². The lowest BCUT2D eigenvalue weighted by Crippen LogP contribution is -2.39. The van der Waals surface area contributed by atoms with Crippen LogP contribution < -0.4 is 5.56 Å². The zero-order valence-corrected chi connectivity index (χ0v) is 14.2. The quantitative estimate of drug-likeness (QED) is 0.837. The van der Waals surface area contributed by atoms with Crippen LogP contribution in [0.2, 0.25) is 0 Å². The Bertz CT molecular complexity index is 918. The summed E-state index contributed by atoms with van der Waals surface area (Å²) in [6, 6.07) is 9.85. The molecule has 2 heterocycles. The van der Waals surface area contributed by atoms with E-state index in [1.54, 1.807) is 4.57 Å². The monoisotopic (exact) mass is 345 g/mol. The van der Waals surface area contributed by atoms with Crippen LogP contribution in [0, 0.1) is 0 Å². The van der Waals surface area contributed by atoms with Gasteiger partial charge in [0.1, 0.15) is 0 Å². The summed E-state index contributed by atoms with van der Waals surface area (Å²) in [7, 11) is -3.26. The van der Waals surface area contributed by atoms with Gasteiger partial charge in [0.15, 0.2) is 0 Å². The van der Waals surface area contributed by atoms with Gasteiger partial charge < -0.3 is 0 Å². The van der Waals surface area contributed by atoms with Crippen molar-refractivity contribution >= 4 is 16.1 Å². The van der Waals surface area contributed by atoms with Crippen LogP contribution in [0.3, 0.4) is 0 Å². The van der Waals surface area contributed by atoms with Crippen LogP contribution in [-0.4, -0.2) is 35.1 Å². The van der Waals surface area contributed by atoms with E-state index in [1.807, 2.05) is 42.5 Å². The standard InChI is InChI=1S/C17H19N3O3S/c1-24(22,23)20-11-9-15-16(12-20)18-13-19(17(15)21)10-5-8-14-6-3-2-4-7-14/h2-8,13H,9-12H2,1H3/b8-5+. The summed E-state index contributed by atoms with van der Waals surface area (Å²) in [6.07, 6.45) is 6.93.